The molecule has 1 aliphatic carbocycles. The van der Waals surface area contributed by atoms with E-state index in [1.54, 1.807) is 0 Å². The molecule has 0 saturated heterocycles. The predicted molar refractivity (Wildman–Crippen MR) is 56.7 cm³/mol. The molecule has 1 aromatic heterocycles. The first kappa shape index (κ1) is 9.71. The van der Waals surface area contributed by atoms with Gasteiger partial charge in [-0.2, -0.15) is 5.10 Å². The molecule has 1 aromatic rings. The van der Waals surface area contributed by atoms with E-state index in [0.717, 1.165) is 6.54 Å². The molecule has 2 atom stereocenters. The summed E-state index contributed by atoms with van der Waals surface area (Å²) in [5, 5.41) is 4.25. The standard InChI is InChI=1S/C11H19N3/c1-4-14-7-8(6-13-14)10(12)9-5-11(9,2)3/h6-7,9-10H,4-5,12H2,1-3H3. The molecule has 0 spiro atoms. The van der Waals surface area contributed by atoms with E-state index in [1.807, 2.05) is 10.9 Å². The zero-order valence-corrected chi connectivity index (χ0v) is 9.20. The van der Waals surface area contributed by atoms with Gasteiger partial charge in [-0.25, -0.2) is 0 Å². The van der Waals surface area contributed by atoms with Crippen molar-refractivity contribution in [3.05, 3.63) is 18.0 Å². The fourth-order valence-electron chi connectivity index (χ4n) is 2.08. The van der Waals surface area contributed by atoms with Gasteiger partial charge in [-0.15, -0.1) is 0 Å². The highest BCUT2D eigenvalue weighted by Crippen LogP contribution is 2.56. The smallest absolute Gasteiger partial charge is 0.0537 e. The van der Waals surface area contributed by atoms with Crippen molar-refractivity contribution in [2.45, 2.75) is 39.8 Å². The van der Waals surface area contributed by atoms with E-state index in [1.165, 1.54) is 12.0 Å². The summed E-state index contributed by atoms with van der Waals surface area (Å²) in [7, 11) is 0. The van der Waals surface area contributed by atoms with Crippen molar-refractivity contribution < 1.29 is 0 Å². The molecule has 1 fully saturated rings. The summed E-state index contributed by atoms with van der Waals surface area (Å²) in [6.45, 7) is 7.56. The Kier molecular flexibility index (Phi) is 2.14. The third kappa shape index (κ3) is 1.57. The quantitative estimate of drug-likeness (QED) is 0.797. The molecule has 2 unspecified atom stereocenters. The molecule has 3 nitrogen and oxygen atoms in total. The molecule has 2 N–H and O–H groups in total. The van der Waals surface area contributed by atoms with E-state index >= 15 is 0 Å². The van der Waals surface area contributed by atoms with Crippen molar-refractivity contribution in [2.24, 2.45) is 17.1 Å². The Morgan fingerprint density at radius 2 is 2.36 bits per heavy atom. The number of aromatic nitrogens is 2. The topological polar surface area (TPSA) is 43.8 Å². The van der Waals surface area contributed by atoms with E-state index in [9.17, 15) is 0 Å². The summed E-state index contributed by atoms with van der Waals surface area (Å²) < 4.78 is 1.94. The van der Waals surface area contributed by atoms with Crippen LogP contribution in [-0.2, 0) is 6.54 Å². The number of nitrogens with zero attached hydrogens (tertiary/aromatic N) is 2. The van der Waals surface area contributed by atoms with Crippen molar-refractivity contribution in [3.8, 4) is 0 Å². The van der Waals surface area contributed by atoms with Gasteiger partial charge in [0.15, 0.2) is 0 Å². The molecule has 0 bridgehead atoms. The van der Waals surface area contributed by atoms with Crippen LogP contribution in [-0.4, -0.2) is 9.78 Å². The molecule has 2 rings (SSSR count). The predicted octanol–water partition coefficient (Wildman–Crippen LogP) is 1.95. The van der Waals surface area contributed by atoms with Crippen molar-refractivity contribution in [1.29, 1.82) is 0 Å². The summed E-state index contributed by atoms with van der Waals surface area (Å²) in [5.74, 6) is 0.636. The first-order valence-electron chi connectivity index (χ1n) is 5.32. The fourth-order valence-corrected chi connectivity index (χ4v) is 2.08. The molecule has 78 valence electrons. The van der Waals surface area contributed by atoms with Crippen molar-refractivity contribution in [1.82, 2.24) is 9.78 Å². The van der Waals surface area contributed by atoms with Gasteiger partial charge in [0.1, 0.15) is 0 Å². The van der Waals surface area contributed by atoms with E-state index in [4.69, 9.17) is 5.73 Å². The lowest BCUT2D eigenvalue weighted by Crippen LogP contribution is -2.14. The zero-order chi connectivity index (χ0) is 10.3. The highest BCUT2D eigenvalue weighted by molar-refractivity contribution is 5.16. The summed E-state index contributed by atoms with van der Waals surface area (Å²) >= 11 is 0. The van der Waals surface area contributed by atoms with E-state index in [2.05, 4.69) is 32.1 Å². The van der Waals surface area contributed by atoms with Crippen LogP contribution in [0.3, 0.4) is 0 Å². The molecule has 3 heteroatoms. The van der Waals surface area contributed by atoms with Gasteiger partial charge in [0.25, 0.3) is 0 Å². The fraction of sp³-hybridized carbons (Fsp3) is 0.727. The molecule has 1 aliphatic rings. The Morgan fingerprint density at radius 3 is 2.79 bits per heavy atom. The number of hydrogen-bond donors (Lipinski definition) is 1. The van der Waals surface area contributed by atoms with Gasteiger partial charge in [-0.1, -0.05) is 13.8 Å². The number of rotatable bonds is 3. The lowest BCUT2D eigenvalue weighted by atomic mass is 10.0. The Morgan fingerprint density at radius 1 is 1.71 bits per heavy atom. The minimum atomic E-state index is 0.172. The molecular formula is C11H19N3. The Hall–Kier alpha value is -0.830. The lowest BCUT2D eigenvalue weighted by molar-refractivity contribution is 0.491. The number of aryl methyl sites for hydroxylation is 1. The molecule has 1 heterocycles. The van der Waals surface area contributed by atoms with Crippen LogP contribution < -0.4 is 5.73 Å². The highest BCUT2D eigenvalue weighted by atomic mass is 15.3. The van der Waals surface area contributed by atoms with Crippen molar-refractivity contribution in [2.75, 3.05) is 0 Å². The summed E-state index contributed by atoms with van der Waals surface area (Å²) in [5.41, 5.74) is 7.81. The molecular weight excluding hydrogens is 174 g/mol. The second kappa shape index (κ2) is 3.09. The molecule has 0 aliphatic heterocycles. The highest BCUT2D eigenvalue weighted by Gasteiger charge is 2.49. The second-order valence-electron chi connectivity index (χ2n) is 4.95. The van der Waals surface area contributed by atoms with Gasteiger partial charge < -0.3 is 5.73 Å². The van der Waals surface area contributed by atoms with Crippen LogP contribution in [0, 0.1) is 11.3 Å². The third-order valence-electron chi connectivity index (χ3n) is 3.39. The van der Waals surface area contributed by atoms with Gasteiger partial charge in [-0.3, -0.25) is 4.68 Å². The molecule has 0 radical (unpaired) electrons. The first-order chi connectivity index (χ1) is 6.54. The van der Waals surface area contributed by atoms with Crippen LogP contribution in [0.1, 0.15) is 38.8 Å². The SMILES string of the molecule is CCn1cc(C(N)C2CC2(C)C)cn1. The number of hydrogen-bond acceptors (Lipinski definition) is 2. The third-order valence-corrected chi connectivity index (χ3v) is 3.39. The average Bonchev–Trinajstić information content (AvgIpc) is 2.64. The van der Waals surface area contributed by atoms with Crippen LogP contribution in [0.25, 0.3) is 0 Å². The molecule has 0 aromatic carbocycles. The van der Waals surface area contributed by atoms with Gasteiger partial charge in [0.2, 0.25) is 0 Å². The maximum atomic E-state index is 6.19. The van der Waals surface area contributed by atoms with E-state index in [0.29, 0.717) is 11.3 Å². The van der Waals surface area contributed by atoms with Gasteiger partial charge in [0.05, 0.1) is 6.20 Å². The maximum absolute atomic E-state index is 6.19. The maximum Gasteiger partial charge on any atom is 0.0537 e. The van der Waals surface area contributed by atoms with Crippen molar-refractivity contribution in [3.63, 3.8) is 0 Å². The molecule has 1 saturated carbocycles. The van der Waals surface area contributed by atoms with Crippen molar-refractivity contribution >= 4 is 0 Å². The minimum absolute atomic E-state index is 0.172. The summed E-state index contributed by atoms with van der Waals surface area (Å²) in [6.07, 6.45) is 5.22. The van der Waals surface area contributed by atoms with E-state index in [-0.39, 0.29) is 6.04 Å². The summed E-state index contributed by atoms with van der Waals surface area (Å²) in [6, 6.07) is 0.172. The first-order valence-corrected chi connectivity index (χ1v) is 5.32. The Bertz CT molecular complexity index is 327. The zero-order valence-electron chi connectivity index (χ0n) is 9.20. The monoisotopic (exact) mass is 193 g/mol. The number of nitrogens with two attached hydrogens (primary N) is 1. The van der Waals surface area contributed by atoms with E-state index < -0.39 is 0 Å². The Balaban J connectivity index is 2.08. The largest absolute Gasteiger partial charge is 0.324 e. The molecule has 14 heavy (non-hydrogen) atoms. The second-order valence-corrected chi connectivity index (χ2v) is 4.95. The minimum Gasteiger partial charge on any atom is -0.324 e. The van der Waals surface area contributed by atoms with Gasteiger partial charge >= 0.3 is 0 Å². The lowest BCUT2D eigenvalue weighted by Gasteiger charge is -2.10. The Labute approximate surface area is 85.3 Å². The van der Waals surface area contributed by atoms with Crippen LogP contribution in [0.4, 0.5) is 0 Å². The van der Waals surface area contributed by atoms with Gasteiger partial charge in [-0.05, 0) is 24.7 Å². The normalized spacial score (nSPS) is 26.1. The van der Waals surface area contributed by atoms with Crippen LogP contribution in [0.2, 0.25) is 0 Å². The van der Waals surface area contributed by atoms with Crippen LogP contribution in [0.15, 0.2) is 12.4 Å². The van der Waals surface area contributed by atoms with Crippen LogP contribution >= 0.6 is 0 Å². The van der Waals surface area contributed by atoms with Crippen LogP contribution in [0.5, 0.6) is 0 Å². The van der Waals surface area contributed by atoms with Gasteiger partial charge in [0, 0.05) is 24.3 Å². The summed E-state index contributed by atoms with van der Waals surface area (Å²) in [4.78, 5) is 0. The molecule has 0 amide bonds. The average molecular weight is 193 g/mol.